The highest BCUT2D eigenvalue weighted by molar-refractivity contribution is 5.30. The molecule has 20 heavy (non-hydrogen) atoms. The van der Waals surface area contributed by atoms with Crippen molar-refractivity contribution in [3.63, 3.8) is 0 Å². The molecule has 2 atom stereocenters. The molecule has 106 valence electrons. The molecule has 1 heterocycles. The Balaban J connectivity index is 2.34. The average Bonchev–Trinajstić information content (AvgIpc) is 2.53. The van der Waals surface area contributed by atoms with Crippen molar-refractivity contribution >= 4 is 0 Å². The summed E-state index contributed by atoms with van der Waals surface area (Å²) in [6, 6.07) is 12.9. The number of likely N-dealkylation sites (N-methyl/N-ethyl adjacent to an activating group) is 1. The van der Waals surface area contributed by atoms with Crippen LogP contribution in [0.1, 0.15) is 36.4 Å². The molecule has 0 spiro atoms. The van der Waals surface area contributed by atoms with Crippen LogP contribution in [0.3, 0.4) is 0 Å². The molecule has 2 rings (SSSR count). The topological polar surface area (TPSA) is 34.2 Å². The normalized spacial score (nSPS) is 13.8. The lowest BCUT2D eigenvalue weighted by Gasteiger charge is -2.27. The molecular weight excluding hydrogens is 248 g/mol. The first kappa shape index (κ1) is 14.5. The van der Waals surface area contributed by atoms with Gasteiger partial charge in [-0.3, -0.25) is 4.98 Å². The Morgan fingerprint density at radius 1 is 1.15 bits per heavy atom. The van der Waals surface area contributed by atoms with E-state index in [0.29, 0.717) is 5.92 Å². The summed E-state index contributed by atoms with van der Waals surface area (Å²) >= 11 is 0. The lowest BCUT2D eigenvalue weighted by molar-refractivity contribution is 0.408. The van der Waals surface area contributed by atoms with Gasteiger partial charge in [0.2, 0.25) is 0 Å². The largest absolute Gasteiger partial charge is 0.495 e. The number of benzene rings is 1. The molecule has 0 saturated heterocycles. The van der Waals surface area contributed by atoms with Crippen LogP contribution in [0.4, 0.5) is 0 Å². The zero-order valence-electron chi connectivity index (χ0n) is 12.3. The van der Waals surface area contributed by atoms with Crippen LogP contribution in [0.2, 0.25) is 0 Å². The van der Waals surface area contributed by atoms with Gasteiger partial charge in [0, 0.05) is 18.2 Å². The van der Waals surface area contributed by atoms with Gasteiger partial charge in [0.15, 0.2) is 0 Å². The van der Waals surface area contributed by atoms with E-state index in [1.165, 1.54) is 5.56 Å². The van der Waals surface area contributed by atoms with Gasteiger partial charge in [-0.2, -0.15) is 0 Å². The van der Waals surface area contributed by atoms with Crippen LogP contribution < -0.4 is 10.1 Å². The summed E-state index contributed by atoms with van der Waals surface area (Å²) in [6.07, 6.45) is 4.71. The van der Waals surface area contributed by atoms with Crippen molar-refractivity contribution < 1.29 is 4.74 Å². The summed E-state index contributed by atoms with van der Waals surface area (Å²) in [7, 11) is 3.67. The number of hydrogen-bond acceptors (Lipinski definition) is 3. The molecule has 3 nitrogen and oxygen atoms in total. The van der Waals surface area contributed by atoms with Crippen molar-refractivity contribution in [1.29, 1.82) is 0 Å². The highest BCUT2D eigenvalue weighted by Gasteiger charge is 2.22. The summed E-state index contributed by atoms with van der Waals surface area (Å²) < 4.78 is 5.28. The molecule has 3 heteroatoms. The molecule has 2 aromatic rings. The molecule has 0 saturated carbocycles. The monoisotopic (exact) mass is 270 g/mol. The maximum Gasteiger partial charge on any atom is 0.137 e. The Morgan fingerprint density at radius 3 is 2.50 bits per heavy atom. The maximum absolute atomic E-state index is 5.28. The summed E-state index contributed by atoms with van der Waals surface area (Å²) in [6.45, 7) is 2.22. The molecular formula is C17H22N2O. The van der Waals surface area contributed by atoms with Crippen LogP contribution in [-0.2, 0) is 0 Å². The highest BCUT2D eigenvalue weighted by Crippen LogP contribution is 2.34. The van der Waals surface area contributed by atoms with Gasteiger partial charge in [-0.1, -0.05) is 37.3 Å². The lowest BCUT2D eigenvalue weighted by Crippen LogP contribution is -2.23. The van der Waals surface area contributed by atoms with Crippen molar-refractivity contribution in [3.05, 3.63) is 59.9 Å². The van der Waals surface area contributed by atoms with Crippen LogP contribution in [-0.4, -0.2) is 19.1 Å². The molecule has 0 aliphatic carbocycles. The van der Waals surface area contributed by atoms with E-state index in [9.17, 15) is 0 Å². The molecule has 0 aliphatic heterocycles. The van der Waals surface area contributed by atoms with Crippen LogP contribution in [0, 0.1) is 0 Å². The number of aromatic nitrogens is 1. The van der Waals surface area contributed by atoms with E-state index in [-0.39, 0.29) is 6.04 Å². The molecule has 0 amide bonds. The van der Waals surface area contributed by atoms with Crippen LogP contribution in [0.25, 0.3) is 0 Å². The Morgan fingerprint density at radius 2 is 1.90 bits per heavy atom. The number of methoxy groups -OCH3 is 1. The molecule has 0 aliphatic rings. The number of pyridine rings is 1. The fraction of sp³-hybridized carbons (Fsp3) is 0.353. The summed E-state index contributed by atoms with van der Waals surface area (Å²) in [5.41, 5.74) is 2.50. The van der Waals surface area contributed by atoms with E-state index in [1.54, 1.807) is 13.3 Å². The quantitative estimate of drug-likeness (QED) is 0.871. The van der Waals surface area contributed by atoms with Crippen LogP contribution >= 0.6 is 0 Å². The second-order valence-corrected chi connectivity index (χ2v) is 4.85. The third kappa shape index (κ3) is 3.17. The van der Waals surface area contributed by atoms with Gasteiger partial charge in [-0.15, -0.1) is 0 Å². The predicted molar refractivity (Wildman–Crippen MR) is 82.1 cm³/mol. The molecule has 0 bridgehead atoms. The fourth-order valence-corrected chi connectivity index (χ4v) is 2.68. The van der Waals surface area contributed by atoms with E-state index in [2.05, 4.69) is 53.6 Å². The van der Waals surface area contributed by atoms with Gasteiger partial charge in [-0.25, -0.2) is 0 Å². The SMILES string of the molecule is CCC(c1ccccc1)C(NC)c1cncc(OC)c1. The van der Waals surface area contributed by atoms with Gasteiger partial charge >= 0.3 is 0 Å². The van der Waals surface area contributed by atoms with E-state index in [1.807, 2.05) is 13.2 Å². The van der Waals surface area contributed by atoms with Crippen molar-refractivity contribution in [3.8, 4) is 5.75 Å². The summed E-state index contributed by atoms with van der Waals surface area (Å²) in [5, 5.41) is 3.42. The Hall–Kier alpha value is -1.87. The van der Waals surface area contributed by atoms with Crippen LogP contribution in [0.15, 0.2) is 48.8 Å². The van der Waals surface area contributed by atoms with Gasteiger partial charge in [-0.05, 0) is 30.7 Å². The summed E-state index contributed by atoms with van der Waals surface area (Å²) in [4.78, 5) is 4.27. The second-order valence-electron chi connectivity index (χ2n) is 4.85. The van der Waals surface area contributed by atoms with Gasteiger partial charge in [0.05, 0.1) is 13.3 Å². The summed E-state index contributed by atoms with van der Waals surface area (Å²) in [5.74, 6) is 1.21. The van der Waals surface area contributed by atoms with Crippen molar-refractivity contribution in [2.24, 2.45) is 0 Å². The minimum absolute atomic E-state index is 0.227. The minimum atomic E-state index is 0.227. The molecule has 0 fully saturated rings. The van der Waals surface area contributed by atoms with Crippen molar-refractivity contribution in [2.45, 2.75) is 25.3 Å². The second kappa shape index (κ2) is 7.06. The fourth-order valence-electron chi connectivity index (χ4n) is 2.68. The molecule has 0 radical (unpaired) electrons. The standard InChI is InChI=1S/C17H22N2O/c1-4-16(13-8-6-5-7-9-13)17(18-2)14-10-15(20-3)12-19-11-14/h5-12,16-18H,4H2,1-3H3. The number of nitrogens with one attached hydrogen (secondary N) is 1. The Bertz CT molecular complexity index is 528. The minimum Gasteiger partial charge on any atom is -0.495 e. The third-order valence-electron chi connectivity index (χ3n) is 3.71. The number of ether oxygens (including phenoxy) is 1. The Labute approximate surface area is 121 Å². The number of nitrogens with zero attached hydrogens (tertiary/aromatic N) is 1. The molecule has 1 N–H and O–H groups in total. The average molecular weight is 270 g/mol. The van der Waals surface area contributed by atoms with E-state index >= 15 is 0 Å². The number of hydrogen-bond donors (Lipinski definition) is 1. The van der Waals surface area contributed by atoms with Gasteiger partial charge in [0.1, 0.15) is 5.75 Å². The zero-order valence-corrected chi connectivity index (χ0v) is 12.3. The molecule has 1 aromatic carbocycles. The van der Waals surface area contributed by atoms with E-state index < -0.39 is 0 Å². The Kier molecular flexibility index (Phi) is 5.13. The van der Waals surface area contributed by atoms with Gasteiger partial charge < -0.3 is 10.1 Å². The third-order valence-corrected chi connectivity index (χ3v) is 3.71. The van der Waals surface area contributed by atoms with Gasteiger partial charge in [0.25, 0.3) is 0 Å². The van der Waals surface area contributed by atoms with E-state index in [0.717, 1.165) is 17.7 Å². The molecule has 1 aromatic heterocycles. The number of rotatable bonds is 6. The first-order valence-electron chi connectivity index (χ1n) is 7.01. The van der Waals surface area contributed by atoms with Crippen LogP contribution in [0.5, 0.6) is 5.75 Å². The lowest BCUT2D eigenvalue weighted by atomic mass is 9.86. The van der Waals surface area contributed by atoms with E-state index in [4.69, 9.17) is 4.74 Å². The maximum atomic E-state index is 5.28. The first-order valence-corrected chi connectivity index (χ1v) is 7.01. The predicted octanol–water partition coefficient (Wildman–Crippen LogP) is 3.54. The highest BCUT2D eigenvalue weighted by atomic mass is 16.5. The zero-order chi connectivity index (χ0) is 14.4. The van der Waals surface area contributed by atoms with Crippen molar-refractivity contribution in [1.82, 2.24) is 10.3 Å². The molecule has 2 unspecified atom stereocenters. The smallest absolute Gasteiger partial charge is 0.137 e. The first-order chi connectivity index (χ1) is 9.80. The van der Waals surface area contributed by atoms with Crippen molar-refractivity contribution in [2.75, 3.05) is 14.2 Å².